The molecule has 0 unspecified atom stereocenters. The van der Waals surface area contributed by atoms with E-state index in [0.29, 0.717) is 16.6 Å². The van der Waals surface area contributed by atoms with Crippen LogP contribution in [0.1, 0.15) is 47.1 Å². The second kappa shape index (κ2) is 7.58. The predicted molar refractivity (Wildman–Crippen MR) is 107 cm³/mol. The average Bonchev–Trinajstić information content (AvgIpc) is 2.37. The van der Waals surface area contributed by atoms with Gasteiger partial charge < -0.3 is 0 Å². The average molecular weight is 421 g/mol. The molecule has 2 heteroatoms. The molecule has 0 aliphatic carbocycles. The molecular weight excluding hydrogens is 387 g/mol. The van der Waals surface area contributed by atoms with Gasteiger partial charge in [0.25, 0.3) is 0 Å². The van der Waals surface area contributed by atoms with Gasteiger partial charge >= 0.3 is 144 Å². The van der Waals surface area contributed by atoms with Crippen LogP contribution in [0.3, 0.4) is 0 Å². The second-order valence-electron chi connectivity index (χ2n) is 8.47. The molecule has 0 radical (unpaired) electrons. The normalized spacial score (nSPS) is 12.7. The van der Waals surface area contributed by atoms with Gasteiger partial charge in [-0.2, -0.15) is 0 Å². The topological polar surface area (TPSA) is 0 Å². The van der Waals surface area contributed by atoms with Crippen LogP contribution in [-0.4, -0.2) is 26.5 Å². The van der Waals surface area contributed by atoms with E-state index in [0.717, 1.165) is 0 Å². The Kier molecular flexibility index (Phi) is 6.83. The summed E-state index contributed by atoms with van der Waals surface area (Å²) in [6.07, 6.45) is 0. The van der Waals surface area contributed by atoms with E-state index in [2.05, 4.69) is 92.1 Å². The fraction of sp³-hybridized carbons (Fsp3) is 0.600. The van der Waals surface area contributed by atoms with Crippen LogP contribution in [0.4, 0.5) is 0 Å². The Bertz CT molecular complexity index is 514. The van der Waals surface area contributed by atoms with E-state index in [9.17, 15) is 0 Å². The molecule has 0 amide bonds. The Balaban J connectivity index is 3.19. The predicted octanol–water partition coefficient (Wildman–Crippen LogP) is 5.80. The van der Waals surface area contributed by atoms with E-state index in [4.69, 9.17) is 0 Å². The van der Waals surface area contributed by atoms with Gasteiger partial charge in [0.05, 0.1) is 0 Å². The standard InChI is InChI=1S/C17H25Si.3CH3.Sn/c1-14(2)18(15(3)4,16(5)6)13-12-17-10-8-7-9-11-17;;;;/h8-11,14-16H,1-6H3;3*1H3;. The minimum absolute atomic E-state index is 0.699. The number of hydrogen-bond acceptors (Lipinski definition) is 0. The molecule has 1 aromatic rings. The SMILES string of the molecule is CC(C)[Si](C#Cc1cc[c]([Sn]([CH3])([CH3])[CH3])cc1)(C(C)C)C(C)C. The van der Waals surface area contributed by atoms with E-state index >= 15 is 0 Å². The van der Waals surface area contributed by atoms with Gasteiger partial charge in [-0.25, -0.2) is 0 Å². The zero-order valence-electron chi connectivity index (χ0n) is 16.0. The molecule has 0 bridgehead atoms. The van der Waals surface area contributed by atoms with Crippen molar-refractivity contribution in [2.24, 2.45) is 0 Å². The molecule has 0 nitrogen and oxygen atoms in total. The first-order valence-electron chi connectivity index (χ1n) is 8.65. The van der Waals surface area contributed by atoms with Gasteiger partial charge in [-0.05, 0) is 0 Å². The fourth-order valence-electron chi connectivity index (χ4n) is 3.67. The van der Waals surface area contributed by atoms with Crippen LogP contribution in [0, 0.1) is 11.5 Å². The van der Waals surface area contributed by atoms with Crippen molar-refractivity contribution < 1.29 is 0 Å². The molecule has 0 aliphatic heterocycles. The molecule has 122 valence electrons. The van der Waals surface area contributed by atoms with Crippen molar-refractivity contribution in [2.75, 3.05) is 0 Å². The summed E-state index contributed by atoms with van der Waals surface area (Å²) in [4.78, 5) is 7.39. The molecule has 0 saturated heterocycles. The quantitative estimate of drug-likeness (QED) is 0.426. The number of benzene rings is 1. The first-order valence-corrected chi connectivity index (χ1v) is 20.9. The maximum atomic E-state index is 3.81. The molecule has 0 N–H and O–H groups in total. The Morgan fingerprint density at radius 3 is 1.50 bits per heavy atom. The zero-order valence-corrected chi connectivity index (χ0v) is 19.9. The Hall–Kier alpha value is -0.204. The third kappa shape index (κ3) is 4.42. The molecular formula is C20H34SiSn. The summed E-state index contributed by atoms with van der Waals surface area (Å²) < 4.78 is 1.58. The van der Waals surface area contributed by atoms with Crippen LogP contribution in [0.15, 0.2) is 24.3 Å². The number of hydrogen-bond donors (Lipinski definition) is 0. The Labute approximate surface area is 144 Å². The van der Waals surface area contributed by atoms with Gasteiger partial charge in [-0.3, -0.25) is 0 Å². The van der Waals surface area contributed by atoms with Crippen molar-refractivity contribution in [3.05, 3.63) is 29.8 Å². The van der Waals surface area contributed by atoms with Gasteiger partial charge in [0, 0.05) is 0 Å². The van der Waals surface area contributed by atoms with Crippen LogP contribution < -0.4 is 3.58 Å². The van der Waals surface area contributed by atoms with Crippen molar-refractivity contribution in [1.29, 1.82) is 0 Å². The first kappa shape index (κ1) is 19.8. The van der Waals surface area contributed by atoms with E-state index in [1.165, 1.54) is 5.56 Å². The third-order valence-electron chi connectivity index (χ3n) is 5.04. The van der Waals surface area contributed by atoms with Crippen LogP contribution in [-0.2, 0) is 0 Å². The van der Waals surface area contributed by atoms with Crippen molar-refractivity contribution in [3.8, 4) is 11.5 Å². The van der Waals surface area contributed by atoms with Crippen molar-refractivity contribution in [1.82, 2.24) is 0 Å². The van der Waals surface area contributed by atoms with Crippen LogP contribution in [0.2, 0.25) is 31.4 Å². The molecule has 0 spiro atoms. The van der Waals surface area contributed by atoms with E-state index < -0.39 is 26.5 Å². The summed E-state index contributed by atoms with van der Waals surface area (Å²) in [5.74, 6) is 3.54. The summed E-state index contributed by atoms with van der Waals surface area (Å²) in [6.45, 7) is 14.2. The first-order chi connectivity index (χ1) is 10.0. The Morgan fingerprint density at radius 1 is 0.773 bits per heavy atom. The molecule has 0 fully saturated rings. The van der Waals surface area contributed by atoms with Gasteiger partial charge in [0.15, 0.2) is 0 Å². The third-order valence-corrected chi connectivity index (χ3v) is 17.2. The van der Waals surface area contributed by atoms with E-state index in [1.54, 1.807) is 3.58 Å². The van der Waals surface area contributed by atoms with Crippen molar-refractivity contribution in [3.63, 3.8) is 0 Å². The van der Waals surface area contributed by atoms with Crippen molar-refractivity contribution >= 4 is 30.0 Å². The summed E-state index contributed by atoms with van der Waals surface area (Å²) in [5.41, 5.74) is 7.10. The molecule has 1 rings (SSSR count). The number of rotatable bonds is 4. The minimum atomic E-state index is -1.93. The fourth-order valence-corrected chi connectivity index (χ4v) is 12.2. The summed E-state index contributed by atoms with van der Waals surface area (Å²) in [5, 5.41) is 0. The molecule has 22 heavy (non-hydrogen) atoms. The Morgan fingerprint density at radius 2 is 1.18 bits per heavy atom. The van der Waals surface area contributed by atoms with Crippen molar-refractivity contribution in [2.45, 2.75) is 73.0 Å². The van der Waals surface area contributed by atoms with Crippen LogP contribution >= 0.6 is 0 Å². The van der Waals surface area contributed by atoms with E-state index in [1.807, 2.05) is 0 Å². The monoisotopic (exact) mass is 422 g/mol. The maximum absolute atomic E-state index is 3.81. The molecule has 0 aliphatic rings. The summed E-state index contributed by atoms with van der Waals surface area (Å²) in [6, 6.07) is 9.13. The molecule has 0 atom stereocenters. The molecule has 0 saturated carbocycles. The molecule has 1 aromatic carbocycles. The van der Waals surface area contributed by atoms with Crippen LogP contribution in [0.25, 0.3) is 0 Å². The zero-order chi connectivity index (χ0) is 17.1. The summed E-state index contributed by atoms with van der Waals surface area (Å²) in [7, 11) is -1.61. The van der Waals surface area contributed by atoms with Gasteiger partial charge in [-0.1, -0.05) is 0 Å². The second-order valence-corrected chi connectivity index (χ2v) is 28.5. The summed E-state index contributed by atoms with van der Waals surface area (Å²) >= 11 is -1.93. The van der Waals surface area contributed by atoms with Gasteiger partial charge in [0.2, 0.25) is 0 Å². The molecule has 0 aromatic heterocycles. The van der Waals surface area contributed by atoms with E-state index in [-0.39, 0.29) is 0 Å². The molecule has 0 heterocycles. The van der Waals surface area contributed by atoms with Gasteiger partial charge in [0.1, 0.15) is 0 Å². The van der Waals surface area contributed by atoms with Gasteiger partial charge in [-0.15, -0.1) is 0 Å². The van der Waals surface area contributed by atoms with Crippen LogP contribution in [0.5, 0.6) is 0 Å².